The molecule has 21 heavy (non-hydrogen) atoms. The van der Waals surface area contributed by atoms with Gasteiger partial charge in [0, 0.05) is 32.3 Å². The molecule has 0 atom stereocenters. The molecular formula is C17H18FNO2. The topological polar surface area (TPSA) is 29.5 Å². The Bertz CT molecular complexity index is 608. The second kappa shape index (κ2) is 6.88. The maximum atomic E-state index is 12.8. The second-order valence-electron chi connectivity index (χ2n) is 5.02. The van der Waals surface area contributed by atoms with Crippen LogP contribution in [0.5, 0.6) is 5.75 Å². The summed E-state index contributed by atoms with van der Waals surface area (Å²) in [5.41, 5.74) is 1.80. The van der Waals surface area contributed by atoms with Crippen molar-refractivity contribution in [2.75, 3.05) is 25.6 Å². The van der Waals surface area contributed by atoms with Gasteiger partial charge in [-0.25, -0.2) is 4.39 Å². The average Bonchev–Trinajstić information content (AvgIpc) is 2.48. The van der Waals surface area contributed by atoms with Crippen molar-refractivity contribution in [3.8, 4) is 5.75 Å². The van der Waals surface area contributed by atoms with Crippen LogP contribution >= 0.6 is 0 Å². The molecule has 0 aliphatic carbocycles. The normalized spacial score (nSPS) is 10.2. The molecule has 0 saturated carbocycles. The van der Waals surface area contributed by atoms with Crippen molar-refractivity contribution in [3.63, 3.8) is 0 Å². The Morgan fingerprint density at radius 3 is 2.52 bits per heavy atom. The highest BCUT2D eigenvalue weighted by atomic mass is 19.1. The molecule has 0 bridgehead atoms. The van der Waals surface area contributed by atoms with Gasteiger partial charge in [-0.2, -0.15) is 0 Å². The van der Waals surface area contributed by atoms with Gasteiger partial charge < -0.3 is 9.64 Å². The second-order valence-corrected chi connectivity index (χ2v) is 5.02. The van der Waals surface area contributed by atoms with Crippen LogP contribution in [-0.2, 0) is 11.2 Å². The molecule has 0 N–H and O–H groups in total. The van der Waals surface area contributed by atoms with Gasteiger partial charge in [-0.15, -0.1) is 0 Å². The predicted octanol–water partition coefficient (Wildman–Crippen LogP) is 3.08. The van der Waals surface area contributed by atoms with E-state index in [1.54, 1.807) is 12.1 Å². The lowest BCUT2D eigenvalue weighted by Gasteiger charge is -2.13. The Balaban J connectivity index is 1.89. The standard InChI is InChI=1S/C17H18FNO2/c1-19(2)15-4-3-5-17(11-15)21-12-16(20)10-13-6-8-14(18)9-7-13/h3-9,11H,10,12H2,1-2H3. The first-order valence-electron chi connectivity index (χ1n) is 6.71. The quantitative estimate of drug-likeness (QED) is 0.817. The van der Waals surface area contributed by atoms with Crippen molar-refractivity contribution in [2.45, 2.75) is 6.42 Å². The van der Waals surface area contributed by atoms with Gasteiger partial charge in [0.1, 0.15) is 18.2 Å². The Morgan fingerprint density at radius 1 is 1.14 bits per heavy atom. The van der Waals surface area contributed by atoms with Crippen LogP contribution in [-0.4, -0.2) is 26.5 Å². The first-order valence-corrected chi connectivity index (χ1v) is 6.71. The molecular weight excluding hydrogens is 269 g/mol. The van der Waals surface area contributed by atoms with E-state index < -0.39 is 0 Å². The Hall–Kier alpha value is -2.36. The first kappa shape index (κ1) is 15.0. The zero-order valence-electron chi connectivity index (χ0n) is 12.2. The summed E-state index contributed by atoms with van der Waals surface area (Å²) >= 11 is 0. The van der Waals surface area contributed by atoms with E-state index in [-0.39, 0.29) is 24.6 Å². The lowest BCUT2D eigenvalue weighted by molar-refractivity contribution is -0.120. The van der Waals surface area contributed by atoms with Crippen LogP contribution in [0.3, 0.4) is 0 Å². The third-order valence-electron chi connectivity index (χ3n) is 3.05. The monoisotopic (exact) mass is 287 g/mol. The molecule has 2 aromatic carbocycles. The lowest BCUT2D eigenvalue weighted by Crippen LogP contribution is -2.14. The molecule has 110 valence electrons. The van der Waals surface area contributed by atoms with Gasteiger partial charge in [0.15, 0.2) is 5.78 Å². The molecule has 3 nitrogen and oxygen atoms in total. The Labute approximate surface area is 124 Å². The number of benzene rings is 2. The maximum Gasteiger partial charge on any atom is 0.174 e. The van der Waals surface area contributed by atoms with Gasteiger partial charge in [0.2, 0.25) is 0 Å². The molecule has 0 radical (unpaired) electrons. The van der Waals surface area contributed by atoms with Crippen LogP contribution in [0.4, 0.5) is 10.1 Å². The van der Waals surface area contributed by atoms with Crippen molar-refractivity contribution >= 4 is 11.5 Å². The van der Waals surface area contributed by atoms with Gasteiger partial charge in [-0.3, -0.25) is 4.79 Å². The van der Waals surface area contributed by atoms with Gasteiger partial charge in [0.05, 0.1) is 0 Å². The third-order valence-corrected chi connectivity index (χ3v) is 3.05. The minimum Gasteiger partial charge on any atom is -0.486 e. The van der Waals surface area contributed by atoms with Gasteiger partial charge >= 0.3 is 0 Å². The number of carbonyl (C=O) groups excluding carboxylic acids is 1. The van der Waals surface area contributed by atoms with Crippen molar-refractivity contribution in [1.29, 1.82) is 0 Å². The number of ether oxygens (including phenoxy) is 1. The van der Waals surface area contributed by atoms with Crippen LogP contribution in [0.2, 0.25) is 0 Å². The molecule has 0 aliphatic heterocycles. The van der Waals surface area contributed by atoms with Crippen molar-refractivity contribution in [1.82, 2.24) is 0 Å². The highest BCUT2D eigenvalue weighted by molar-refractivity contribution is 5.82. The van der Waals surface area contributed by atoms with E-state index in [1.165, 1.54) is 12.1 Å². The minimum absolute atomic E-state index is 0.00819. The summed E-state index contributed by atoms with van der Waals surface area (Å²) in [6, 6.07) is 13.5. The van der Waals surface area contributed by atoms with E-state index in [1.807, 2.05) is 43.3 Å². The summed E-state index contributed by atoms with van der Waals surface area (Å²) in [7, 11) is 3.89. The number of halogens is 1. The van der Waals surface area contributed by atoms with Gasteiger partial charge in [-0.05, 0) is 29.8 Å². The number of anilines is 1. The fourth-order valence-electron chi connectivity index (χ4n) is 1.90. The number of nitrogens with zero attached hydrogens (tertiary/aromatic N) is 1. The molecule has 0 aliphatic rings. The van der Waals surface area contributed by atoms with E-state index >= 15 is 0 Å². The highest BCUT2D eigenvalue weighted by Gasteiger charge is 2.06. The van der Waals surface area contributed by atoms with E-state index in [0.29, 0.717) is 5.75 Å². The fourth-order valence-corrected chi connectivity index (χ4v) is 1.90. The highest BCUT2D eigenvalue weighted by Crippen LogP contribution is 2.19. The molecule has 2 rings (SSSR count). The van der Waals surface area contributed by atoms with Gasteiger partial charge in [0.25, 0.3) is 0 Å². The minimum atomic E-state index is -0.303. The van der Waals surface area contributed by atoms with E-state index in [9.17, 15) is 9.18 Å². The molecule has 0 unspecified atom stereocenters. The van der Waals surface area contributed by atoms with Crippen LogP contribution in [0.15, 0.2) is 48.5 Å². The number of hydrogen-bond acceptors (Lipinski definition) is 3. The van der Waals surface area contributed by atoms with Gasteiger partial charge in [-0.1, -0.05) is 18.2 Å². The largest absolute Gasteiger partial charge is 0.486 e. The summed E-state index contributed by atoms with van der Waals surface area (Å²) in [6.07, 6.45) is 0.244. The Kier molecular flexibility index (Phi) is 4.93. The molecule has 0 spiro atoms. The van der Waals surface area contributed by atoms with Crippen molar-refractivity contribution in [3.05, 3.63) is 59.9 Å². The van der Waals surface area contributed by atoms with E-state index in [0.717, 1.165) is 11.3 Å². The predicted molar refractivity (Wildman–Crippen MR) is 81.4 cm³/mol. The van der Waals surface area contributed by atoms with Crippen LogP contribution in [0, 0.1) is 5.82 Å². The summed E-state index contributed by atoms with van der Waals surface area (Å²) < 4.78 is 18.3. The molecule has 0 aromatic heterocycles. The van der Waals surface area contributed by atoms with Crippen molar-refractivity contribution in [2.24, 2.45) is 0 Å². The average molecular weight is 287 g/mol. The van der Waals surface area contributed by atoms with Crippen LogP contribution in [0.1, 0.15) is 5.56 Å². The number of rotatable bonds is 6. The van der Waals surface area contributed by atoms with Crippen LogP contribution in [0.25, 0.3) is 0 Å². The van der Waals surface area contributed by atoms with E-state index in [4.69, 9.17) is 4.74 Å². The SMILES string of the molecule is CN(C)c1cccc(OCC(=O)Cc2ccc(F)cc2)c1. The molecule has 0 fully saturated rings. The van der Waals surface area contributed by atoms with E-state index in [2.05, 4.69) is 0 Å². The van der Waals surface area contributed by atoms with Crippen molar-refractivity contribution < 1.29 is 13.9 Å². The zero-order chi connectivity index (χ0) is 15.2. The summed E-state index contributed by atoms with van der Waals surface area (Å²) in [4.78, 5) is 13.8. The summed E-state index contributed by atoms with van der Waals surface area (Å²) in [5, 5.41) is 0. The summed E-state index contributed by atoms with van der Waals surface area (Å²) in [6.45, 7) is 0.00819. The number of carbonyl (C=O) groups is 1. The molecule has 4 heteroatoms. The molecule has 0 saturated heterocycles. The maximum absolute atomic E-state index is 12.8. The summed E-state index contributed by atoms with van der Waals surface area (Å²) in [5.74, 6) is 0.313. The Morgan fingerprint density at radius 2 is 1.86 bits per heavy atom. The number of Topliss-reactive ketones (excluding diaryl/α,β-unsaturated/α-hetero) is 1. The smallest absolute Gasteiger partial charge is 0.174 e. The molecule has 0 heterocycles. The molecule has 0 amide bonds. The zero-order valence-corrected chi connectivity index (χ0v) is 12.2. The fraction of sp³-hybridized carbons (Fsp3) is 0.235. The van der Waals surface area contributed by atoms with Crippen LogP contribution < -0.4 is 9.64 Å². The first-order chi connectivity index (χ1) is 10.0. The third kappa shape index (κ3) is 4.60. The number of ketones is 1. The molecule has 2 aromatic rings. The lowest BCUT2D eigenvalue weighted by atomic mass is 10.1. The number of hydrogen-bond donors (Lipinski definition) is 0.